The first kappa shape index (κ1) is 11.2. The smallest absolute Gasteiger partial charge is 0.271 e. The molecule has 0 radical (unpaired) electrons. The Morgan fingerprint density at radius 2 is 2.25 bits per heavy atom. The van der Waals surface area contributed by atoms with Crippen molar-refractivity contribution >= 4 is 23.0 Å². The number of nitro benzene ring substituents is 1. The van der Waals surface area contributed by atoms with Crippen LogP contribution in [0.25, 0.3) is 0 Å². The number of halogens is 1. The standard InChI is InChI=1S/C11H13ClN2O2/c1-11(4-5-11)7-13-10-3-2-8(14(15)16)6-9(10)12/h2-3,6,13H,4-5,7H2,1H3. The van der Waals surface area contributed by atoms with E-state index in [4.69, 9.17) is 11.6 Å². The number of hydrogen-bond acceptors (Lipinski definition) is 3. The lowest BCUT2D eigenvalue weighted by molar-refractivity contribution is -0.384. The van der Waals surface area contributed by atoms with E-state index in [2.05, 4.69) is 12.2 Å². The van der Waals surface area contributed by atoms with Gasteiger partial charge < -0.3 is 5.32 Å². The summed E-state index contributed by atoms with van der Waals surface area (Å²) in [7, 11) is 0. The van der Waals surface area contributed by atoms with Crippen molar-refractivity contribution in [2.75, 3.05) is 11.9 Å². The van der Waals surface area contributed by atoms with Crippen LogP contribution in [0.2, 0.25) is 5.02 Å². The van der Waals surface area contributed by atoms with E-state index in [1.807, 2.05) is 0 Å². The Balaban J connectivity index is 2.07. The normalized spacial score (nSPS) is 16.9. The number of non-ortho nitro benzene ring substituents is 1. The minimum Gasteiger partial charge on any atom is -0.383 e. The second-order valence-corrected chi connectivity index (χ2v) is 4.99. The molecule has 0 aromatic heterocycles. The molecule has 0 bridgehead atoms. The van der Waals surface area contributed by atoms with E-state index >= 15 is 0 Å². The first-order valence-corrected chi connectivity index (χ1v) is 5.56. The molecule has 4 nitrogen and oxygen atoms in total. The van der Waals surface area contributed by atoms with Crippen molar-refractivity contribution in [2.24, 2.45) is 5.41 Å². The second-order valence-electron chi connectivity index (χ2n) is 4.59. The van der Waals surface area contributed by atoms with Crippen LogP contribution in [-0.4, -0.2) is 11.5 Å². The molecule has 0 unspecified atom stereocenters. The van der Waals surface area contributed by atoms with E-state index in [1.54, 1.807) is 6.07 Å². The molecule has 1 aliphatic rings. The van der Waals surface area contributed by atoms with Crippen molar-refractivity contribution in [3.63, 3.8) is 0 Å². The zero-order chi connectivity index (χ0) is 11.8. The average Bonchev–Trinajstić information content (AvgIpc) is 2.95. The number of rotatable bonds is 4. The molecule has 1 saturated carbocycles. The molecule has 1 aliphatic carbocycles. The van der Waals surface area contributed by atoms with Gasteiger partial charge in [0, 0.05) is 18.7 Å². The van der Waals surface area contributed by atoms with Gasteiger partial charge in [0.25, 0.3) is 5.69 Å². The molecule has 1 aromatic carbocycles. The van der Waals surface area contributed by atoms with Crippen LogP contribution in [0.3, 0.4) is 0 Å². The maximum Gasteiger partial charge on any atom is 0.271 e. The Bertz CT molecular complexity index is 430. The summed E-state index contributed by atoms with van der Waals surface area (Å²) in [6, 6.07) is 4.49. The molecule has 5 heteroatoms. The van der Waals surface area contributed by atoms with Gasteiger partial charge in [0.2, 0.25) is 0 Å². The molecule has 0 atom stereocenters. The van der Waals surface area contributed by atoms with Gasteiger partial charge in [-0.2, -0.15) is 0 Å². The first-order valence-electron chi connectivity index (χ1n) is 5.18. The summed E-state index contributed by atoms with van der Waals surface area (Å²) in [6.45, 7) is 3.07. The molecule has 86 valence electrons. The monoisotopic (exact) mass is 240 g/mol. The van der Waals surface area contributed by atoms with Crippen LogP contribution < -0.4 is 5.32 Å². The molecular weight excluding hydrogens is 228 g/mol. The van der Waals surface area contributed by atoms with E-state index in [-0.39, 0.29) is 5.69 Å². The van der Waals surface area contributed by atoms with Gasteiger partial charge in [0.05, 0.1) is 15.6 Å². The van der Waals surface area contributed by atoms with Gasteiger partial charge in [-0.3, -0.25) is 10.1 Å². The number of anilines is 1. The third-order valence-corrected chi connectivity index (χ3v) is 3.29. The lowest BCUT2D eigenvalue weighted by Crippen LogP contribution is -2.11. The summed E-state index contributed by atoms with van der Waals surface area (Å²) in [6.07, 6.45) is 2.45. The molecule has 16 heavy (non-hydrogen) atoms. The van der Waals surface area contributed by atoms with Gasteiger partial charge in [-0.1, -0.05) is 18.5 Å². The van der Waals surface area contributed by atoms with E-state index in [0.29, 0.717) is 10.4 Å². The Hall–Kier alpha value is -1.29. The van der Waals surface area contributed by atoms with Gasteiger partial charge in [-0.25, -0.2) is 0 Å². The molecule has 0 aliphatic heterocycles. The number of nitrogens with one attached hydrogen (secondary N) is 1. The van der Waals surface area contributed by atoms with Crippen LogP contribution in [0.15, 0.2) is 18.2 Å². The summed E-state index contributed by atoms with van der Waals surface area (Å²) in [5, 5.41) is 14.1. The Kier molecular flexibility index (Phi) is 2.76. The molecule has 1 fully saturated rings. The Morgan fingerprint density at radius 3 is 2.75 bits per heavy atom. The Morgan fingerprint density at radius 1 is 1.56 bits per heavy atom. The van der Waals surface area contributed by atoms with E-state index in [1.165, 1.54) is 25.0 Å². The maximum absolute atomic E-state index is 10.5. The van der Waals surface area contributed by atoms with Gasteiger partial charge in [0.15, 0.2) is 0 Å². The number of nitro groups is 1. The number of hydrogen-bond donors (Lipinski definition) is 1. The first-order chi connectivity index (χ1) is 7.50. The van der Waals surface area contributed by atoms with Crippen LogP contribution in [0, 0.1) is 15.5 Å². The number of nitrogens with zero attached hydrogens (tertiary/aromatic N) is 1. The van der Waals surface area contributed by atoms with E-state index < -0.39 is 4.92 Å². The van der Waals surface area contributed by atoms with Crippen molar-refractivity contribution in [2.45, 2.75) is 19.8 Å². The van der Waals surface area contributed by atoms with Crippen LogP contribution in [0.5, 0.6) is 0 Å². The van der Waals surface area contributed by atoms with E-state index in [0.717, 1.165) is 12.2 Å². The molecule has 0 heterocycles. The van der Waals surface area contributed by atoms with Crippen LogP contribution in [-0.2, 0) is 0 Å². The highest BCUT2D eigenvalue weighted by Gasteiger charge is 2.36. The lowest BCUT2D eigenvalue weighted by atomic mass is 10.1. The second kappa shape index (κ2) is 3.94. The molecule has 1 N–H and O–H groups in total. The minimum absolute atomic E-state index is 0.0215. The molecule has 0 amide bonds. The fourth-order valence-electron chi connectivity index (χ4n) is 1.46. The highest BCUT2D eigenvalue weighted by molar-refractivity contribution is 6.33. The minimum atomic E-state index is -0.447. The SMILES string of the molecule is CC1(CNc2ccc([N+](=O)[O-])cc2Cl)CC1. The van der Waals surface area contributed by atoms with E-state index in [9.17, 15) is 10.1 Å². The van der Waals surface area contributed by atoms with Crippen molar-refractivity contribution < 1.29 is 4.92 Å². The van der Waals surface area contributed by atoms with Crippen LogP contribution >= 0.6 is 11.6 Å². The zero-order valence-electron chi connectivity index (χ0n) is 9.00. The highest BCUT2D eigenvalue weighted by Crippen LogP contribution is 2.45. The van der Waals surface area contributed by atoms with Crippen molar-refractivity contribution in [3.05, 3.63) is 33.3 Å². The predicted molar refractivity (Wildman–Crippen MR) is 63.9 cm³/mol. The fraction of sp³-hybridized carbons (Fsp3) is 0.455. The highest BCUT2D eigenvalue weighted by atomic mass is 35.5. The third kappa shape index (κ3) is 2.44. The largest absolute Gasteiger partial charge is 0.383 e. The number of benzene rings is 1. The zero-order valence-corrected chi connectivity index (χ0v) is 9.75. The quantitative estimate of drug-likeness (QED) is 0.648. The predicted octanol–water partition coefficient (Wildman–Crippen LogP) is 3.46. The van der Waals surface area contributed by atoms with Crippen LogP contribution in [0.1, 0.15) is 19.8 Å². The summed E-state index contributed by atoms with van der Waals surface area (Å²) in [5.41, 5.74) is 1.17. The Labute approximate surface area is 98.8 Å². The topological polar surface area (TPSA) is 55.2 Å². The summed E-state index contributed by atoms with van der Waals surface area (Å²) in [4.78, 5) is 10.1. The summed E-state index contributed by atoms with van der Waals surface area (Å²) < 4.78 is 0. The summed E-state index contributed by atoms with van der Waals surface area (Å²) >= 11 is 5.96. The fourth-order valence-corrected chi connectivity index (χ4v) is 1.70. The maximum atomic E-state index is 10.5. The molecule has 0 saturated heterocycles. The van der Waals surface area contributed by atoms with Crippen molar-refractivity contribution in [1.29, 1.82) is 0 Å². The summed E-state index contributed by atoms with van der Waals surface area (Å²) in [5.74, 6) is 0. The van der Waals surface area contributed by atoms with Gasteiger partial charge in [-0.15, -0.1) is 0 Å². The molecule has 1 aromatic rings. The molecule has 0 spiro atoms. The van der Waals surface area contributed by atoms with Gasteiger partial charge in [0.1, 0.15) is 0 Å². The van der Waals surface area contributed by atoms with Gasteiger partial charge >= 0.3 is 0 Å². The third-order valence-electron chi connectivity index (χ3n) is 2.97. The van der Waals surface area contributed by atoms with Gasteiger partial charge in [-0.05, 0) is 24.3 Å². The molecule has 2 rings (SSSR count). The van der Waals surface area contributed by atoms with Crippen molar-refractivity contribution in [3.8, 4) is 0 Å². The lowest BCUT2D eigenvalue weighted by Gasteiger charge is -2.12. The average molecular weight is 241 g/mol. The van der Waals surface area contributed by atoms with Crippen molar-refractivity contribution in [1.82, 2.24) is 0 Å². The van der Waals surface area contributed by atoms with Crippen LogP contribution in [0.4, 0.5) is 11.4 Å². The molecular formula is C11H13ClN2O2.